The first-order chi connectivity index (χ1) is 10.4. The highest BCUT2D eigenvalue weighted by Crippen LogP contribution is 2.29. The minimum Gasteiger partial charge on any atom is -0.387 e. The maximum absolute atomic E-state index is 10.5. The summed E-state index contributed by atoms with van der Waals surface area (Å²) in [4.78, 5) is 0. The average molecular weight is 338 g/mol. The Bertz CT molecular complexity index is 645. The zero-order chi connectivity index (χ0) is 16.3. The molecule has 0 saturated heterocycles. The van der Waals surface area contributed by atoms with Crippen LogP contribution in [-0.4, -0.2) is 11.1 Å². The van der Waals surface area contributed by atoms with E-state index in [-0.39, 0.29) is 12.0 Å². The summed E-state index contributed by atoms with van der Waals surface area (Å²) in [6.07, 6.45) is 0.0560. The highest BCUT2D eigenvalue weighted by molar-refractivity contribution is 6.42. The third-order valence-electron chi connectivity index (χ3n) is 4.11. The van der Waals surface area contributed by atoms with E-state index >= 15 is 0 Å². The van der Waals surface area contributed by atoms with Gasteiger partial charge >= 0.3 is 0 Å². The molecule has 0 bridgehead atoms. The Kier molecular flexibility index (Phi) is 5.87. The number of rotatable bonds is 5. The molecule has 2 aromatic carbocycles. The van der Waals surface area contributed by atoms with Gasteiger partial charge in [0.25, 0.3) is 0 Å². The summed E-state index contributed by atoms with van der Waals surface area (Å²) in [5, 5.41) is 11.4. The second kappa shape index (κ2) is 7.47. The molecule has 3 N–H and O–H groups in total. The maximum atomic E-state index is 10.5. The second-order valence-corrected chi connectivity index (χ2v) is 6.62. The number of aliphatic hydroxyl groups excluding tert-OH is 1. The van der Waals surface area contributed by atoms with Crippen molar-refractivity contribution in [3.05, 3.63) is 69.2 Å². The zero-order valence-corrected chi connectivity index (χ0v) is 14.3. The lowest BCUT2D eigenvalue weighted by atomic mass is 9.87. The van der Waals surface area contributed by atoms with Crippen LogP contribution in [0.5, 0.6) is 0 Å². The van der Waals surface area contributed by atoms with Gasteiger partial charge in [0.15, 0.2) is 0 Å². The number of aliphatic hydroxyl groups is 1. The highest BCUT2D eigenvalue weighted by atomic mass is 35.5. The van der Waals surface area contributed by atoms with Crippen LogP contribution >= 0.6 is 23.2 Å². The van der Waals surface area contributed by atoms with Crippen molar-refractivity contribution in [2.45, 2.75) is 32.4 Å². The minimum atomic E-state index is -0.770. The van der Waals surface area contributed by atoms with E-state index < -0.39 is 6.10 Å². The Morgan fingerprint density at radius 2 is 1.77 bits per heavy atom. The summed E-state index contributed by atoms with van der Waals surface area (Å²) in [6.45, 7) is 4.14. The van der Waals surface area contributed by atoms with Gasteiger partial charge in [0.2, 0.25) is 0 Å². The molecular weight excluding hydrogens is 317 g/mol. The van der Waals surface area contributed by atoms with Crippen LogP contribution in [0.15, 0.2) is 42.5 Å². The fourth-order valence-corrected chi connectivity index (χ4v) is 2.86. The number of benzene rings is 2. The first-order valence-electron chi connectivity index (χ1n) is 7.33. The van der Waals surface area contributed by atoms with Gasteiger partial charge in [-0.2, -0.15) is 0 Å². The van der Waals surface area contributed by atoms with Crippen molar-refractivity contribution < 1.29 is 5.11 Å². The monoisotopic (exact) mass is 337 g/mol. The molecule has 118 valence electrons. The number of hydrogen-bond acceptors (Lipinski definition) is 2. The normalized spacial score (nSPS) is 15.4. The predicted octanol–water partition coefficient (Wildman–Crippen LogP) is 4.54. The van der Waals surface area contributed by atoms with Crippen molar-refractivity contribution in [2.75, 3.05) is 0 Å². The largest absolute Gasteiger partial charge is 0.387 e. The van der Waals surface area contributed by atoms with Gasteiger partial charge < -0.3 is 10.8 Å². The Hall–Kier alpha value is -1.06. The van der Waals surface area contributed by atoms with Crippen molar-refractivity contribution in [2.24, 2.45) is 11.7 Å². The number of aryl methyl sites for hydroxylation is 1. The lowest BCUT2D eigenvalue weighted by molar-refractivity contribution is 0.121. The van der Waals surface area contributed by atoms with Crippen LogP contribution in [0.4, 0.5) is 0 Å². The minimum absolute atomic E-state index is 0.130. The molecule has 0 aliphatic carbocycles. The molecule has 0 saturated carbocycles. The molecule has 0 aliphatic rings. The van der Waals surface area contributed by atoms with Crippen LogP contribution in [0.1, 0.15) is 29.7 Å². The van der Waals surface area contributed by atoms with Crippen LogP contribution in [0.3, 0.4) is 0 Å². The zero-order valence-electron chi connectivity index (χ0n) is 12.8. The van der Waals surface area contributed by atoms with Gasteiger partial charge in [-0.3, -0.25) is 0 Å². The van der Waals surface area contributed by atoms with Gasteiger partial charge in [0, 0.05) is 6.04 Å². The summed E-state index contributed by atoms with van der Waals surface area (Å²) >= 11 is 11.9. The van der Waals surface area contributed by atoms with Crippen LogP contribution in [-0.2, 0) is 6.42 Å². The van der Waals surface area contributed by atoms with Crippen LogP contribution in [0.2, 0.25) is 10.0 Å². The predicted molar refractivity (Wildman–Crippen MR) is 93.4 cm³/mol. The van der Waals surface area contributed by atoms with Crippen molar-refractivity contribution in [3.8, 4) is 0 Å². The molecule has 4 heteroatoms. The molecule has 0 amide bonds. The van der Waals surface area contributed by atoms with Gasteiger partial charge in [-0.15, -0.1) is 0 Å². The number of hydrogen-bond donors (Lipinski definition) is 2. The van der Waals surface area contributed by atoms with Crippen LogP contribution < -0.4 is 5.73 Å². The molecule has 0 fully saturated rings. The fourth-order valence-electron chi connectivity index (χ4n) is 2.55. The molecule has 3 atom stereocenters. The molecule has 0 heterocycles. The molecular formula is C18H21Cl2NO. The lowest BCUT2D eigenvalue weighted by Crippen LogP contribution is -2.36. The second-order valence-electron chi connectivity index (χ2n) is 5.80. The van der Waals surface area contributed by atoms with E-state index in [1.165, 1.54) is 11.1 Å². The summed E-state index contributed by atoms with van der Waals surface area (Å²) in [7, 11) is 0. The van der Waals surface area contributed by atoms with Crippen molar-refractivity contribution >= 4 is 23.2 Å². The average Bonchev–Trinajstić information content (AvgIpc) is 2.50. The molecule has 2 aromatic rings. The number of halogens is 2. The van der Waals surface area contributed by atoms with Gasteiger partial charge in [-0.05, 0) is 48.1 Å². The Morgan fingerprint density at radius 1 is 1.09 bits per heavy atom. The standard InChI is InChI=1S/C18H21Cl2NO/c1-11-5-3-4-6-13(11)9-12(2)17(21)18(22)14-7-8-15(19)16(20)10-14/h3-8,10,12,17-18,22H,9,21H2,1-2H3/t12?,17-,18-/m1/s1. The van der Waals surface area contributed by atoms with Crippen LogP contribution in [0.25, 0.3) is 0 Å². The van der Waals surface area contributed by atoms with E-state index in [2.05, 4.69) is 26.0 Å². The third kappa shape index (κ3) is 4.02. The summed E-state index contributed by atoms with van der Waals surface area (Å²) in [6, 6.07) is 13.0. The Morgan fingerprint density at radius 3 is 2.41 bits per heavy atom. The molecule has 0 aliphatic heterocycles. The summed E-state index contributed by atoms with van der Waals surface area (Å²) < 4.78 is 0. The van der Waals surface area contributed by atoms with E-state index in [1.807, 2.05) is 12.1 Å². The SMILES string of the molecule is Cc1ccccc1CC(C)[C@@H](N)[C@H](O)c1ccc(Cl)c(Cl)c1. The quantitative estimate of drug-likeness (QED) is 0.841. The summed E-state index contributed by atoms with van der Waals surface area (Å²) in [5.41, 5.74) is 9.44. The third-order valence-corrected chi connectivity index (χ3v) is 4.85. The molecule has 0 aromatic heterocycles. The molecule has 0 radical (unpaired) electrons. The number of nitrogens with two attached hydrogens (primary N) is 1. The van der Waals surface area contributed by atoms with Crippen LogP contribution in [0, 0.1) is 12.8 Å². The molecule has 0 spiro atoms. The van der Waals surface area contributed by atoms with E-state index in [0.717, 1.165) is 6.42 Å². The maximum Gasteiger partial charge on any atom is 0.0944 e. The molecule has 22 heavy (non-hydrogen) atoms. The first-order valence-corrected chi connectivity index (χ1v) is 8.09. The highest BCUT2D eigenvalue weighted by Gasteiger charge is 2.24. The lowest BCUT2D eigenvalue weighted by Gasteiger charge is -2.26. The Labute approximate surface area is 141 Å². The first kappa shape index (κ1) is 17.3. The van der Waals surface area contributed by atoms with Gasteiger partial charge in [-0.25, -0.2) is 0 Å². The summed E-state index contributed by atoms with van der Waals surface area (Å²) in [5.74, 6) is 0.130. The van der Waals surface area contributed by atoms with Crippen molar-refractivity contribution in [1.82, 2.24) is 0 Å². The smallest absolute Gasteiger partial charge is 0.0944 e. The Balaban J connectivity index is 2.10. The van der Waals surface area contributed by atoms with Crippen molar-refractivity contribution in [3.63, 3.8) is 0 Å². The van der Waals surface area contributed by atoms with Gasteiger partial charge in [-0.1, -0.05) is 60.5 Å². The van der Waals surface area contributed by atoms with Gasteiger partial charge in [0.1, 0.15) is 0 Å². The molecule has 2 rings (SSSR count). The van der Waals surface area contributed by atoms with E-state index in [9.17, 15) is 5.11 Å². The van der Waals surface area contributed by atoms with E-state index in [0.29, 0.717) is 15.6 Å². The molecule has 2 nitrogen and oxygen atoms in total. The van der Waals surface area contributed by atoms with Crippen molar-refractivity contribution in [1.29, 1.82) is 0 Å². The van der Waals surface area contributed by atoms with E-state index in [1.54, 1.807) is 18.2 Å². The van der Waals surface area contributed by atoms with E-state index in [4.69, 9.17) is 28.9 Å². The van der Waals surface area contributed by atoms with Gasteiger partial charge in [0.05, 0.1) is 16.1 Å². The fraction of sp³-hybridized carbons (Fsp3) is 0.333. The molecule has 1 unspecified atom stereocenters. The topological polar surface area (TPSA) is 46.2 Å².